The molecule has 1 aliphatic heterocycles. The molecule has 0 N–H and O–H groups in total. The Morgan fingerprint density at radius 1 is 1.75 bits per heavy atom. The molecule has 0 aromatic heterocycles. The summed E-state index contributed by atoms with van der Waals surface area (Å²) in [5.74, 6) is 1.03. The number of halogens is 1. The lowest BCUT2D eigenvalue weighted by molar-refractivity contribution is 0.742. The minimum atomic E-state index is 0. The third kappa shape index (κ3) is 1.56. The predicted octanol–water partition coefficient (Wildman–Crippen LogP) is 0.987. The van der Waals surface area contributed by atoms with Crippen LogP contribution in [0.25, 0.3) is 0 Å². The number of nitrogens with zero attached hydrogens (tertiary/aromatic N) is 2. The lowest BCUT2D eigenvalue weighted by Gasteiger charge is -2.05. The van der Waals surface area contributed by atoms with Crippen LogP contribution in [0.2, 0.25) is 0 Å². The molecule has 0 aliphatic carbocycles. The highest BCUT2D eigenvalue weighted by Crippen LogP contribution is 2.01. The van der Waals surface area contributed by atoms with Gasteiger partial charge in [0.05, 0.1) is 13.1 Å². The number of thiol groups is 1. The summed E-state index contributed by atoms with van der Waals surface area (Å²) < 4.78 is 1.85. The van der Waals surface area contributed by atoms with Gasteiger partial charge < -0.3 is 4.31 Å². The van der Waals surface area contributed by atoms with Crippen LogP contribution in [0.3, 0.4) is 0 Å². The van der Waals surface area contributed by atoms with Crippen molar-refractivity contribution in [2.24, 2.45) is 4.99 Å². The van der Waals surface area contributed by atoms with Crippen molar-refractivity contribution in [1.82, 2.24) is 4.31 Å². The van der Waals surface area contributed by atoms with Gasteiger partial charge in [0.25, 0.3) is 0 Å². The molecule has 8 heavy (non-hydrogen) atoms. The summed E-state index contributed by atoms with van der Waals surface area (Å²) in [6.45, 7) is 3.84. The predicted molar refractivity (Wildman–Crippen MR) is 40.9 cm³/mol. The van der Waals surface area contributed by atoms with E-state index in [0.29, 0.717) is 0 Å². The quantitative estimate of drug-likeness (QED) is 0.512. The van der Waals surface area contributed by atoms with Gasteiger partial charge in [0.1, 0.15) is 5.84 Å². The summed E-state index contributed by atoms with van der Waals surface area (Å²) in [7, 11) is 0. The molecule has 1 rings (SSSR count). The molecule has 48 valence electrons. The van der Waals surface area contributed by atoms with Crippen LogP contribution in [0, 0.1) is 0 Å². The summed E-state index contributed by atoms with van der Waals surface area (Å²) in [5.41, 5.74) is 0. The highest BCUT2D eigenvalue weighted by molar-refractivity contribution is 7.78. The van der Waals surface area contributed by atoms with Crippen LogP contribution >= 0.6 is 25.2 Å². The molecular formula is C4H9ClN2S. The minimum absolute atomic E-state index is 0. The molecule has 0 amide bonds. The molecule has 0 aromatic carbocycles. The Balaban J connectivity index is 0.000000490. The fraction of sp³-hybridized carbons (Fsp3) is 0.750. The second-order valence-electron chi connectivity index (χ2n) is 1.55. The Morgan fingerprint density at radius 2 is 2.38 bits per heavy atom. The van der Waals surface area contributed by atoms with Gasteiger partial charge in [-0.15, -0.1) is 12.4 Å². The molecule has 1 aliphatic rings. The van der Waals surface area contributed by atoms with E-state index in [9.17, 15) is 0 Å². The van der Waals surface area contributed by atoms with Crippen molar-refractivity contribution in [1.29, 1.82) is 0 Å². The Morgan fingerprint density at radius 3 is 2.50 bits per heavy atom. The van der Waals surface area contributed by atoms with Gasteiger partial charge in [0, 0.05) is 0 Å². The van der Waals surface area contributed by atoms with Crippen LogP contribution in [0.4, 0.5) is 0 Å². The molecule has 0 radical (unpaired) electrons. The van der Waals surface area contributed by atoms with Crippen molar-refractivity contribution in [2.75, 3.05) is 13.1 Å². The number of aliphatic imine (C=N–C) groups is 1. The fourth-order valence-electron chi connectivity index (χ4n) is 0.550. The molecule has 0 saturated heterocycles. The van der Waals surface area contributed by atoms with Gasteiger partial charge in [0.15, 0.2) is 0 Å². The topological polar surface area (TPSA) is 15.6 Å². The standard InChI is InChI=1S/C4H8N2S.ClH/c1-4-5-2-3-6(4)7;/h7H,2-3H2,1H3;1H. The number of hydrogen-bond donors (Lipinski definition) is 1. The molecule has 0 saturated carbocycles. The molecule has 0 aromatic rings. The first-order valence-corrected chi connectivity index (χ1v) is 2.68. The SMILES string of the molecule is CC1=NCCN1S.Cl. The first-order valence-electron chi connectivity index (χ1n) is 2.28. The van der Waals surface area contributed by atoms with Crippen molar-refractivity contribution >= 4 is 31.1 Å². The second kappa shape index (κ2) is 3.20. The third-order valence-electron chi connectivity index (χ3n) is 1.03. The lowest BCUT2D eigenvalue weighted by atomic mass is 10.7. The van der Waals surface area contributed by atoms with Gasteiger partial charge in [-0.3, -0.25) is 4.99 Å². The number of hydrogen-bond acceptors (Lipinski definition) is 3. The Labute approximate surface area is 60.9 Å². The molecular weight excluding hydrogens is 144 g/mol. The second-order valence-corrected chi connectivity index (χ2v) is 2.03. The highest BCUT2D eigenvalue weighted by atomic mass is 35.5. The first-order chi connectivity index (χ1) is 3.30. The maximum absolute atomic E-state index is 4.09. The van der Waals surface area contributed by atoms with Gasteiger partial charge in [-0.25, -0.2) is 0 Å². The Kier molecular flexibility index (Phi) is 3.24. The van der Waals surface area contributed by atoms with E-state index < -0.39 is 0 Å². The van der Waals surface area contributed by atoms with Crippen molar-refractivity contribution in [2.45, 2.75) is 6.92 Å². The molecule has 0 bridgehead atoms. The lowest BCUT2D eigenvalue weighted by Crippen LogP contribution is -2.12. The number of amidine groups is 1. The monoisotopic (exact) mass is 152 g/mol. The summed E-state index contributed by atoms with van der Waals surface area (Å²) in [6.07, 6.45) is 0. The van der Waals surface area contributed by atoms with E-state index in [0.717, 1.165) is 18.9 Å². The maximum Gasteiger partial charge on any atom is 0.106 e. The Hall–Kier alpha value is 0.110. The highest BCUT2D eigenvalue weighted by Gasteiger charge is 2.05. The van der Waals surface area contributed by atoms with E-state index in [4.69, 9.17) is 0 Å². The van der Waals surface area contributed by atoms with E-state index in [1.165, 1.54) is 0 Å². The molecule has 1 heterocycles. The normalized spacial score (nSPS) is 17.8. The average Bonchev–Trinajstić information content (AvgIpc) is 1.91. The zero-order chi connectivity index (χ0) is 5.28. The maximum atomic E-state index is 4.09. The third-order valence-corrected chi connectivity index (χ3v) is 1.52. The van der Waals surface area contributed by atoms with E-state index in [2.05, 4.69) is 17.8 Å². The fourth-order valence-corrected chi connectivity index (χ4v) is 0.703. The van der Waals surface area contributed by atoms with Crippen LogP contribution < -0.4 is 0 Å². The van der Waals surface area contributed by atoms with E-state index in [-0.39, 0.29) is 12.4 Å². The zero-order valence-corrected chi connectivity index (χ0v) is 6.38. The van der Waals surface area contributed by atoms with E-state index in [1.807, 2.05) is 11.2 Å². The van der Waals surface area contributed by atoms with Crippen LogP contribution in [0.15, 0.2) is 4.99 Å². The first kappa shape index (κ1) is 8.11. The van der Waals surface area contributed by atoms with Crippen LogP contribution in [-0.4, -0.2) is 23.2 Å². The summed E-state index contributed by atoms with van der Waals surface area (Å²) in [6, 6.07) is 0. The summed E-state index contributed by atoms with van der Waals surface area (Å²) >= 11 is 4.09. The molecule has 2 nitrogen and oxygen atoms in total. The van der Waals surface area contributed by atoms with Gasteiger partial charge in [0.2, 0.25) is 0 Å². The summed E-state index contributed by atoms with van der Waals surface area (Å²) in [5, 5.41) is 0. The largest absolute Gasteiger partial charge is 0.305 e. The Bertz CT molecular complexity index is 104. The van der Waals surface area contributed by atoms with Crippen molar-refractivity contribution in [3.8, 4) is 0 Å². The molecule has 0 unspecified atom stereocenters. The molecule has 0 spiro atoms. The molecule has 0 fully saturated rings. The van der Waals surface area contributed by atoms with Crippen LogP contribution in [-0.2, 0) is 0 Å². The zero-order valence-electron chi connectivity index (χ0n) is 4.66. The molecule has 0 atom stereocenters. The number of rotatable bonds is 0. The van der Waals surface area contributed by atoms with Gasteiger partial charge in [-0.05, 0) is 6.92 Å². The summed E-state index contributed by atoms with van der Waals surface area (Å²) in [4.78, 5) is 4.08. The van der Waals surface area contributed by atoms with Crippen LogP contribution in [0.5, 0.6) is 0 Å². The van der Waals surface area contributed by atoms with Crippen molar-refractivity contribution < 1.29 is 0 Å². The van der Waals surface area contributed by atoms with Crippen LogP contribution in [0.1, 0.15) is 6.92 Å². The van der Waals surface area contributed by atoms with Gasteiger partial charge >= 0.3 is 0 Å². The smallest absolute Gasteiger partial charge is 0.106 e. The van der Waals surface area contributed by atoms with E-state index >= 15 is 0 Å². The van der Waals surface area contributed by atoms with Crippen molar-refractivity contribution in [3.63, 3.8) is 0 Å². The van der Waals surface area contributed by atoms with E-state index in [1.54, 1.807) is 0 Å². The van der Waals surface area contributed by atoms with Crippen molar-refractivity contribution in [3.05, 3.63) is 0 Å². The van der Waals surface area contributed by atoms with Gasteiger partial charge in [-0.1, -0.05) is 12.8 Å². The average molecular weight is 153 g/mol. The molecule has 4 heteroatoms. The minimum Gasteiger partial charge on any atom is -0.305 e. The van der Waals surface area contributed by atoms with Gasteiger partial charge in [-0.2, -0.15) is 0 Å².